The lowest BCUT2D eigenvalue weighted by Gasteiger charge is -2.23. The van der Waals surface area contributed by atoms with Crippen molar-refractivity contribution >= 4 is 10.1 Å². The van der Waals surface area contributed by atoms with Crippen LogP contribution in [0.25, 0.3) is 0 Å². The molecule has 0 aromatic carbocycles. The highest BCUT2D eigenvalue weighted by Gasteiger charge is 2.23. The predicted molar refractivity (Wildman–Crippen MR) is 54.1 cm³/mol. The molecule has 0 atom stereocenters. The fraction of sp³-hybridized carbons (Fsp3) is 0.625. The first-order valence-electron chi connectivity index (χ1n) is 4.32. The molecule has 15 heavy (non-hydrogen) atoms. The fourth-order valence-electron chi connectivity index (χ4n) is 0.865. The summed E-state index contributed by atoms with van der Waals surface area (Å²) in [5.74, 6) is 0.400. The third-order valence-corrected chi connectivity index (χ3v) is 2.02. The first-order valence-corrected chi connectivity index (χ1v) is 6.13. The number of rotatable bonds is 5. The molecule has 0 amide bonds. The SMILES string of the molecule is CC(C)(COS(C)(=O)=O)Oc1cc[nH]n1. The number of hydrogen-bond acceptors (Lipinski definition) is 5. The number of hydrogen-bond donors (Lipinski definition) is 1. The molecule has 1 aromatic heterocycles. The Balaban J connectivity index is 2.52. The Morgan fingerprint density at radius 2 is 2.20 bits per heavy atom. The third kappa shape index (κ3) is 4.80. The van der Waals surface area contributed by atoms with Gasteiger partial charge in [-0.1, -0.05) is 0 Å². The Bertz CT molecular complexity index is 396. The molecule has 0 unspecified atom stereocenters. The van der Waals surface area contributed by atoms with Gasteiger partial charge in [0, 0.05) is 12.3 Å². The molecule has 1 N–H and O–H groups in total. The molecule has 6 nitrogen and oxygen atoms in total. The zero-order chi connectivity index (χ0) is 11.5. The average molecular weight is 234 g/mol. The monoisotopic (exact) mass is 234 g/mol. The van der Waals surface area contributed by atoms with Crippen LogP contribution in [0.3, 0.4) is 0 Å². The van der Waals surface area contributed by atoms with Crippen LogP contribution in [0.2, 0.25) is 0 Å². The van der Waals surface area contributed by atoms with Gasteiger partial charge in [0.15, 0.2) is 0 Å². The average Bonchev–Trinajstić information content (AvgIpc) is 2.52. The molecule has 0 radical (unpaired) electrons. The quantitative estimate of drug-likeness (QED) is 0.752. The van der Waals surface area contributed by atoms with E-state index in [1.54, 1.807) is 26.1 Å². The molecular formula is C8H14N2O4S. The molecule has 1 aromatic rings. The summed E-state index contributed by atoms with van der Waals surface area (Å²) in [6, 6.07) is 1.64. The zero-order valence-electron chi connectivity index (χ0n) is 8.85. The summed E-state index contributed by atoms with van der Waals surface area (Å²) in [6.07, 6.45) is 2.61. The maximum Gasteiger partial charge on any atom is 0.264 e. The summed E-state index contributed by atoms with van der Waals surface area (Å²) in [4.78, 5) is 0. The van der Waals surface area contributed by atoms with Crippen LogP contribution < -0.4 is 4.74 Å². The Morgan fingerprint density at radius 1 is 1.53 bits per heavy atom. The van der Waals surface area contributed by atoms with Crippen LogP contribution >= 0.6 is 0 Å². The van der Waals surface area contributed by atoms with Crippen molar-refractivity contribution in [1.29, 1.82) is 0 Å². The Morgan fingerprint density at radius 3 is 2.67 bits per heavy atom. The maximum atomic E-state index is 10.8. The molecule has 0 bridgehead atoms. The van der Waals surface area contributed by atoms with Gasteiger partial charge in [0.1, 0.15) is 12.2 Å². The van der Waals surface area contributed by atoms with E-state index in [0.717, 1.165) is 6.26 Å². The van der Waals surface area contributed by atoms with Crippen LogP contribution in [0.1, 0.15) is 13.8 Å². The van der Waals surface area contributed by atoms with Gasteiger partial charge in [-0.25, -0.2) is 0 Å². The second-order valence-corrected chi connectivity index (χ2v) is 5.38. The number of H-pyrrole nitrogens is 1. The smallest absolute Gasteiger partial charge is 0.264 e. The van der Waals surface area contributed by atoms with Gasteiger partial charge in [-0.15, -0.1) is 5.10 Å². The van der Waals surface area contributed by atoms with E-state index in [9.17, 15) is 8.42 Å². The van der Waals surface area contributed by atoms with E-state index < -0.39 is 15.7 Å². The molecule has 0 saturated heterocycles. The van der Waals surface area contributed by atoms with Crippen LogP contribution in [-0.2, 0) is 14.3 Å². The maximum absolute atomic E-state index is 10.8. The summed E-state index contributed by atoms with van der Waals surface area (Å²) in [7, 11) is -3.44. The van der Waals surface area contributed by atoms with Crippen LogP contribution in [-0.4, -0.2) is 37.1 Å². The van der Waals surface area contributed by atoms with Gasteiger partial charge >= 0.3 is 0 Å². The van der Waals surface area contributed by atoms with Gasteiger partial charge in [-0.05, 0) is 13.8 Å². The van der Waals surface area contributed by atoms with Gasteiger partial charge in [0.25, 0.3) is 10.1 Å². The molecule has 86 valence electrons. The van der Waals surface area contributed by atoms with Crippen molar-refractivity contribution in [2.24, 2.45) is 0 Å². The third-order valence-electron chi connectivity index (χ3n) is 1.48. The summed E-state index contributed by atoms with van der Waals surface area (Å²) in [6.45, 7) is 3.37. The number of ether oxygens (including phenoxy) is 1. The zero-order valence-corrected chi connectivity index (χ0v) is 9.67. The predicted octanol–water partition coefficient (Wildman–Crippen LogP) is 0.543. The summed E-state index contributed by atoms with van der Waals surface area (Å²) in [5, 5.41) is 6.38. The van der Waals surface area contributed by atoms with Crippen LogP contribution in [0.5, 0.6) is 5.88 Å². The van der Waals surface area contributed by atoms with Crippen molar-refractivity contribution in [2.75, 3.05) is 12.9 Å². The minimum atomic E-state index is -3.44. The first kappa shape index (κ1) is 12.0. The number of aromatic nitrogens is 2. The van der Waals surface area contributed by atoms with Crippen LogP contribution in [0.15, 0.2) is 12.3 Å². The molecule has 0 aliphatic heterocycles. The molecule has 0 saturated carbocycles. The normalized spacial score (nSPS) is 12.7. The van der Waals surface area contributed by atoms with Gasteiger partial charge < -0.3 is 4.74 Å². The van der Waals surface area contributed by atoms with E-state index >= 15 is 0 Å². The van der Waals surface area contributed by atoms with E-state index in [2.05, 4.69) is 14.4 Å². The highest BCUT2D eigenvalue weighted by molar-refractivity contribution is 7.85. The fourth-order valence-corrected chi connectivity index (χ4v) is 1.36. The standard InChI is InChI=1S/C8H14N2O4S/c1-8(2,6-13-15(3,11)12)14-7-4-5-9-10-7/h4-5H,6H2,1-3H3,(H,9,10). The highest BCUT2D eigenvalue weighted by atomic mass is 32.2. The number of aromatic amines is 1. The van der Waals surface area contributed by atoms with Crippen LogP contribution in [0.4, 0.5) is 0 Å². The van der Waals surface area contributed by atoms with Gasteiger partial charge in [0.2, 0.25) is 5.88 Å². The summed E-state index contributed by atoms with van der Waals surface area (Å²) < 4.78 is 31.6. The van der Waals surface area contributed by atoms with Gasteiger partial charge in [-0.2, -0.15) is 8.42 Å². The van der Waals surface area contributed by atoms with Crippen molar-refractivity contribution in [3.8, 4) is 5.88 Å². The minimum absolute atomic E-state index is 0.0569. The molecule has 0 spiro atoms. The van der Waals surface area contributed by atoms with Crippen molar-refractivity contribution in [1.82, 2.24) is 10.2 Å². The van der Waals surface area contributed by atoms with E-state index in [0.29, 0.717) is 5.88 Å². The minimum Gasteiger partial charge on any atom is -0.468 e. The molecular weight excluding hydrogens is 220 g/mol. The van der Waals surface area contributed by atoms with Crippen molar-refractivity contribution in [3.63, 3.8) is 0 Å². The van der Waals surface area contributed by atoms with Crippen molar-refractivity contribution in [2.45, 2.75) is 19.4 Å². The van der Waals surface area contributed by atoms with E-state index in [4.69, 9.17) is 4.74 Å². The molecule has 0 aliphatic rings. The molecule has 0 aliphatic carbocycles. The van der Waals surface area contributed by atoms with E-state index in [1.165, 1.54) is 0 Å². The van der Waals surface area contributed by atoms with Crippen molar-refractivity contribution < 1.29 is 17.3 Å². The van der Waals surface area contributed by atoms with E-state index in [-0.39, 0.29) is 6.61 Å². The lowest BCUT2D eigenvalue weighted by atomic mass is 10.1. The summed E-state index contributed by atoms with van der Waals surface area (Å²) >= 11 is 0. The topological polar surface area (TPSA) is 81.3 Å². The molecule has 0 fully saturated rings. The van der Waals surface area contributed by atoms with Crippen LogP contribution in [0, 0.1) is 0 Å². The van der Waals surface area contributed by atoms with Crippen molar-refractivity contribution in [3.05, 3.63) is 12.3 Å². The second-order valence-electron chi connectivity index (χ2n) is 3.74. The van der Waals surface area contributed by atoms with E-state index in [1.807, 2.05) is 0 Å². The molecule has 7 heteroatoms. The highest BCUT2D eigenvalue weighted by Crippen LogP contribution is 2.15. The Labute approximate surface area is 88.7 Å². The summed E-state index contributed by atoms with van der Waals surface area (Å²) in [5.41, 5.74) is -0.752. The van der Waals surface area contributed by atoms with Gasteiger partial charge in [-0.3, -0.25) is 9.28 Å². The lowest BCUT2D eigenvalue weighted by molar-refractivity contribution is 0.0507. The Kier molecular flexibility index (Phi) is 3.35. The molecule has 1 rings (SSSR count). The molecule has 1 heterocycles. The first-order chi connectivity index (χ1) is 6.79. The number of nitrogens with zero attached hydrogens (tertiary/aromatic N) is 1. The second kappa shape index (κ2) is 4.19. The largest absolute Gasteiger partial charge is 0.468 e. The van der Waals surface area contributed by atoms with Gasteiger partial charge in [0.05, 0.1) is 6.26 Å². The Hall–Kier alpha value is -1.08. The number of nitrogens with one attached hydrogen (secondary N) is 1. The lowest BCUT2D eigenvalue weighted by Crippen LogP contribution is -2.35.